The summed E-state index contributed by atoms with van der Waals surface area (Å²) in [4.78, 5) is 11.2. The molecule has 0 spiro atoms. The highest BCUT2D eigenvalue weighted by molar-refractivity contribution is 7.91. The van der Waals surface area contributed by atoms with Crippen LogP contribution in [0, 0.1) is 5.92 Å². The largest absolute Gasteiger partial charge is 0.463 e. The fourth-order valence-corrected chi connectivity index (χ4v) is 3.86. The average Bonchev–Trinajstić information content (AvgIpc) is 2.93. The SMILES string of the molecule is COC(=O)c1ccc(C(O)C2CCS(=O)(=O)C2)o1. The van der Waals surface area contributed by atoms with E-state index >= 15 is 0 Å². The van der Waals surface area contributed by atoms with E-state index in [1.165, 1.54) is 19.2 Å². The summed E-state index contributed by atoms with van der Waals surface area (Å²) in [6.45, 7) is 0. The summed E-state index contributed by atoms with van der Waals surface area (Å²) < 4.78 is 32.3. The molecule has 2 atom stereocenters. The van der Waals surface area contributed by atoms with Crippen LogP contribution in [0.2, 0.25) is 0 Å². The molecule has 1 aliphatic heterocycles. The third kappa shape index (κ3) is 2.56. The molecular weight excluding hydrogens is 260 g/mol. The molecule has 1 aromatic rings. The summed E-state index contributed by atoms with van der Waals surface area (Å²) in [5.74, 6) is -0.800. The van der Waals surface area contributed by atoms with E-state index in [0.717, 1.165) is 0 Å². The first-order chi connectivity index (χ1) is 8.43. The Kier molecular flexibility index (Phi) is 3.45. The number of aliphatic hydroxyl groups is 1. The van der Waals surface area contributed by atoms with Gasteiger partial charge in [0, 0.05) is 5.92 Å². The maximum atomic E-state index is 11.3. The van der Waals surface area contributed by atoms with Crippen molar-refractivity contribution in [1.82, 2.24) is 0 Å². The molecule has 100 valence electrons. The number of furan rings is 1. The van der Waals surface area contributed by atoms with Gasteiger partial charge in [0.1, 0.15) is 11.9 Å². The van der Waals surface area contributed by atoms with Crippen molar-refractivity contribution in [2.75, 3.05) is 18.6 Å². The van der Waals surface area contributed by atoms with Crippen LogP contribution < -0.4 is 0 Å². The molecule has 2 unspecified atom stereocenters. The van der Waals surface area contributed by atoms with Gasteiger partial charge in [-0.15, -0.1) is 0 Å². The Morgan fingerprint density at radius 2 is 2.28 bits per heavy atom. The number of hydrogen-bond donors (Lipinski definition) is 1. The first kappa shape index (κ1) is 13.1. The smallest absolute Gasteiger partial charge is 0.373 e. The Bertz CT molecular complexity index is 544. The van der Waals surface area contributed by atoms with Crippen molar-refractivity contribution in [2.24, 2.45) is 5.92 Å². The van der Waals surface area contributed by atoms with Crippen molar-refractivity contribution in [3.05, 3.63) is 23.7 Å². The van der Waals surface area contributed by atoms with Crippen molar-refractivity contribution < 1.29 is 27.5 Å². The normalized spacial score (nSPS) is 23.8. The molecule has 0 aromatic carbocycles. The zero-order chi connectivity index (χ0) is 13.3. The first-order valence-electron chi connectivity index (χ1n) is 5.49. The zero-order valence-corrected chi connectivity index (χ0v) is 10.6. The molecule has 0 aliphatic carbocycles. The minimum atomic E-state index is -3.06. The van der Waals surface area contributed by atoms with Crippen molar-refractivity contribution in [3.63, 3.8) is 0 Å². The van der Waals surface area contributed by atoms with Gasteiger partial charge >= 0.3 is 5.97 Å². The predicted molar refractivity (Wildman–Crippen MR) is 61.8 cm³/mol. The quantitative estimate of drug-likeness (QED) is 0.808. The number of carbonyl (C=O) groups is 1. The van der Waals surface area contributed by atoms with Gasteiger partial charge in [-0.25, -0.2) is 13.2 Å². The Morgan fingerprint density at radius 1 is 1.56 bits per heavy atom. The van der Waals surface area contributed by atoms with Crippen molar-refractivity contribution in [1.29, 1.82) is 0 Å². The monoisotopic (exact) mass is 274 g/mol. The topological polar surface area (TPSA) is 93.8 Å². The highest BCUT2D eigenvalue weighted by atomic mass is 32.2. The Hall–Kier alpha value is -1.34. The molecule has 2 heterocycles. The standard InChI is InChI=1S/C11H14O6S/c1-16-11(13)9-3-2-8(17-9)10(12)7-4-5-18(14,15)6-7/h2-3,7,10,12H,4-6H2,1H3. The molecule has 2 rings (SSSR count). The molecule has 0 bridgehead atoms. The summed E-state index contributed by atoms with van der Waals surface area (Å²) in [6, 6.07) is 2.86. The van der Waals surface area contributed by atoms with E-state index in [1.807, 2.05) is 0 Å². The van der Waals surface area contributed by atoms with Gasteiger partial charge in [-0.2, -0.15) is 0 Å². The van der Waals surface area contributed by atoms with Crippen molar-refractivity contribution in [2.45, 2.75) is 12.5 Å². The highest BCUT2D eigenvalue weighted by Gasteiger charge is 2.35. The molecule has 6 nitrogen and oxygen atoms in total. The Morgan fingerprint density at radius 3 is 2.83 bits per heavy atom. The van der Waals surface area contributed by atoms with Crippen LogP contribution in [-0.2, 0) is 14.6 Å². The Labute approximate surface area is 104 Å². The number of esters is 1. The summed E-state index contributed by atoms with van der Waals surface area (Å²) >= 11 is 0. The van der Waals surface area contributed by atoms with Crippen LogP contribution in [0.5, 0.6) is 0 Å². The van der Waals surface area contributed by atoms with Crippen LogP contribution in [0.25, 0.3) is 0 Å². The minimum Gasteiger partial charge on any atom is -0.463 e. The molecule has 18 heavy (non-hydrogen) atoms. The maximum Gasteiger partial charge on any atom is 0.373 e. The molecule has 7 heteroatoms. The van der Waals surface area contributed by atoms with Crippen LogP contribution in [0.3, 0.4) is 0 Å². The molecule has 1 fully saturated rings. The lowest BCUT2D eigenvalue weighted by Crippen LogP contribution is -2.13. The third-order valence-corrected chi connectivity index (χ3v) is 4.81. The molecular formula is C11H14O6S. The van der Waals surface area contributed by atoms with E-state index in [0.29, 0.717) is 6.42 Å². The number of methoxy groups -OCH3 is 1. The Balaban J connectivity index is 2.12. The second-order valence-electron chi connectivity index (χ2n) is 4.30. The van der Waals surface area contributed by atoms with Crippen molar-refractivity contribution in [3.8, 4) is 0 Å². The van der Waals surface area contributed by atoms with Crippen LogP contribution in [-0.4, -0.2) is 38.1 Å². The third-order valence-electron chi connectivity index (χ3n) is 3.02. The van der Waals surface area contributed by atoms with Gasteiger partial charge < -0.3 is 14.3 Å². The number of carbonyl (C=O) groups excluding carboxylic acids is 1. The van der Waals surface area contributed by atoms with E-state index in [2.05, 4.69) is 4.74 Å². The lowest BCUT2D eigenvalue weighted by Gasteiger charge is -2.13. The number of sulfone groups is 1. The fourth-order valence-electron chi connectivity index (χ4n) is 2.03. The molecule has 1 saturated heterocycles. The van der Waals surface area contributed by atoms with Crippen molar-refractivity contribution >= 4 is 15.8 Å². The number of aliphatic hydroxyl groups excluding tert-OH is 1. The molecule has 0 saturated carbocycles. The lowest BCUT2D eigenvalue weighted by atomic mass is 10.0. The van der Waals surface area contributed by atoms with Gasteiger partial charge in [0.2, 0.25) is 5.76 Å². The van der Waals surface area contributed by atoms with Gasteiger partial charge in [-0.05, 0) is 18.6 Å². The van der Waals surface area contributed by atoms with E-state index < -0.39 is 21.9 Å². The van der Waals surface area contributed by atoms with E-state index in [4.69, 9.17) is 4.42 Å². The van der Waals surface area contributed by atoms with E-state index in [1.54, 1.807) is 0 Å². The molecule has 1 aliphatic rings. The highest BCUT2D eigenvalue weighted by Crippen LogP contribution is 2.32. The molecule has 1 aromatic heterocycles. The van der Waals surface area contributed by atoms with Gasteiger partial charge in [0.05, 0.1) is 18.6 Å². The van der Waals surface area contributed by atoms with Gasteiger partial charge in [0.25, 0.3) is 0 Å². The van der Waals surface area contributed by atoms with Crippen LogP contribution >= 0.6 is 0 Å². The number of ether oxygens (including phenoxy) is 1. The van der Waals surface area contributed by atoms with Gasteiger partial charge in [0.15, 0.2) is 9.84 Å². The first-order valence-corrected chi connectivity index (χ1v) is 7.31. The summed E-state index contributed by atoms with van der Waals surface area (Å²) in [6.07, 6.45) is -0.613. The van der Waals surface area contributed by atoms with Crippen LogP contribution in [0.15, 0.2) is 16.5 Å². The lowest BCUT2D eigenvalue weighted by molar-refractivity contribution is 0.0542. The molecule has 1 N–H and O–H groups in total. The van der Waals surface area contributed by atoms with Crippen LogP contribution in [0.4, 0.5) is 0 Å². The maximum absolute atomic E-state index is 11.3. The second kappa shape index (κ2) is 4.74. The molecule has 0 radical (unpaired) electrons. The summed E-state index contributed by atoms with van der Waals surface area (Å²) in [7, 11) is -1.83. The second-order valence-corrected chi connectivity index (χ2v) is 6.53. The predicted octanol–water partition coefficient (Wildman–Crippen LogP) is 0.534. The van der Waals surface area contributed by atoms with E-state index in [9.17, 15) is 18.3 Å². The average molecular weight is 274 g/mol. The fraction of sp³-hybridized carbons (Fsp3) is 0.545. The summed E-state index contributed by atoms with van der Waals surface area (Å²) in [5.41, 5.74) is 0. The van der Waals surface area contributed by atoms with Crippen LogP contribution in [0.1, 0.15) is 28.8 Å². The zero-order valence-electron chi connectivity index (χ0n) is 9.83. The number of hydrogen-bond acceptors (Lipinski definition) is 6. The molecule has 0 amide bonds. The number of rotatable bonds is 3. The minimum absolute atomic E-state index is 0.00703. The van der Waals surface area contributed by atoms with E-state index in [-0.39, 0.29) is 28.9 Å². The van der Waals surface area contributed by atoms with Gasteiger partial charge in [-0.3, -0.25) is 0 Å². The summed E-state index contributed by atoms with van der Waals surface area (Å²) in [5, 5.41) is 10.0. The van der Waals surface area contributed by atoms with Gasteiger partial charge in [-0.1, -0.05) is 0 Å².